The van der Waals surface area contributed by atoms with Gasteiger partial charge in [-0.15, -0.1) is 5.10 Å². The van der Waals surface area contributed by atoms with E-state index in [0.29, 0.717) is 18.9 Å². The zero-order chi connectivity index (χ0) is 17.6. The summed E-state index contributed by atoms with van der Waals surface area (Å²) in [4.78, 5) is 12.2. The molecule has 1 aromatic heterocycles. The van der Waals surface area contributed by atoms with Crippen molar-refractivity contribution in [1.29, 1.82) is 0 Å². The number of benzene rings is 2. The van der Waals surface area contributed by atoms with Gasteiger partial charge < -0.3 is 10.1 Å². The maximum atomic E-state index is 12.2. The van der Waals surface area contributed by atoms with Gasteiger partial charge in [0.1, 0.15) is 5.75 Å². The molecule has 0 aliphatic heterocycles. The molecule has 3 rings (SSSR count). The highest BCUT2D eigenvalue weighted by molar-refractivity contribution is 5.92. The average Bonchev–Trinajstić information content (AvgIpc) is 3.03. The van der Waals surface area contributed by atoms with Gasteiger partial charge in [-0.3, -0.25) is 4.79 Å². The van der Waals surface area contributed by atoms with Crippen molar-refractivity contribution in [2.45, 2.75) is 13.3 Å². The normalized spacial score (nSPS) is 10.5. The SMILES string of the molecule is CCOc1ccc(CC(=O)Nc2ccc(-c3nnnn3C)cc2)cc1. The predicted molar refractivity (Wildman–Crippen MR) is 94.2 cm³/mol. The lowest BCUT2D eigenvalue weighted by molar-refractivity contribution is -0.115. The molecule has 0 spiro atoms. The quantitative estimate of drug-likeness (QED) is 0.747. The van der Waals surface area contributed by atoms with Crippen molar-refractivity contribution in [3.05, 3.63) is 54.1 Å². The van der Waals surface area contributed by atoms with Crippen molar-refractivity contribution >= 4 is 11.6 Å². The first kappa shape index (κ1) is 16.6. The standard InChI is InChI=1S/C18H19N5O2/c1-3-25-16-10-4-13(5-11-16)12-17(24)19-15-8-6-14(7-9-15)18-20-21-22-23(18)2/h4-11H,3,12H2,1-2H3,(H,19,24). The number of tetrazole rings is 1. The van der Waals surface area contributed by atoms with E-state index >= 15 is 0 Å². The van der Waals surface area contributed by atoms with E-state index in [1.165, 1.54) is 0 Å². The van der Waals surface area contributed by atoms with E-state index in [1.807, 2.05) is 55.5 Å². The van der Waals surface area contributed by atoms with Crippen molar-refractivity contribution in [3.63, 3.8) is 0 Å². The summed E-state index contributed by atoms with van der Waals surface area (Å²) in [6.07, 6.45) is 0.307. The number of rotatable bonds is 6. The fraction of sp³-hybridized carbons (Fsp3) is 0.222. The molecule has 25 heavy (non-hydrogen) atoms. The molecule has 0 radical (unpaired) electrons. The lowest BCUT2D eigenvalue weighted by atomic mass is 10.1. The highest BCUT2D eigenvalue weighted by Crippen LogP contribution is 2.18. The fourth-order valence-electron chi connectivity index (χ4n) is 2.44. The van der Waals surface area contributed by atoms with Crippen LogP contribution in [-0.2, 0) is 18.3 Å². The van der Waals surface area contributed by atoms with Crippen molar-refractivity contribution < 1.29 is 9.53 Å². The molecule has 1 N–H and O–H groups in total. The summed E-state index contributed by atoms with van der Waals surface area (Å²) in [7, 11) is 1.78. The Morgan fingerprint density at radius 1 is 1.12 bits per heavy atom. The minimum atomic E-state index is -0.0720. The van der Waals surface area contributed by atoms with Crippen LogP contribution in [0.4, 0.5) is 5.69 Å². The van der Waals surface area contributed by atoms with Gasteiger partial charge in [0.05, 0.1) is 13.0 Å². The van der Waals surface area contributed by atoms with E-state index in [4.69, 9.17) is 4.74 Å². The third-order valence-corrected chi connectivity index (χ3v) is 3.65. The number of aryl methyl sites for hydroxylation is 1. The number of carbonyl (C=O) groups is 1. The zero-order valence-corrected chi connectivity index (χ0v) is 14.1. The summed E-state index contributed by atoms with van der Waals surface area (Å²) in [6.45, 7) is 2.56. The van der Waals surface area contributed by atoms with Gasteiger partial charge in [0.2, 0.25) is 5.91 Å². The molecule has 0 aliphatic rings. The van der Waals surface area contributed by atoms with Gasteiger partial charge in [-0.1, -0.05) is 12.1 Å². The Bertz CT molecular complexity index is 841. The Kier molecular flexibility index (Phi) is 5.03. The first-order valence-corrected chi connectivity index (χ1v) is 8.00. The predicted octanol–water partition coefficient (Wildman–Crippen LogP) is 2.46. The Labute approximate surface area is 145 Å². The van der Waals surface area contributed by atoms with Crippen LogP contribution in [-0.4, -0.2) is 32.7 Å². The van der Waals surface area contributed by atoms with Gasteiger partial charge in [0.15, 0.2) is 5.82 Å². The second-order valence-corrected chi connectivity index (χ2v) is 5.51. The van der Waals surface area contributed by atoms with E-state index in [-0.39, 0.29) is 5.91 Å². The number of carbonyl (C=O) groups excluding carboxylic acids is 1. The topological polar surface area (TPSA) is 81.9 Å². The van der Waals surface area contributed by atoms with Gasteiger partial charge in [-0.2, -0.15) is 0 Å². The van der Waals surface area contributed by atoms with Crippen molar-refractivity contribution in [3.8, 4) is 17.1 Å². The monoisotopic (exact) mass is 337 g/mol. The lowest BCUT2D eigenvalue weighted by Crippen LogP contribution is -2.14. The first-order valence-electron chi connectivity index (χ1n) is 8.00. The fourth-order valence-corrected chi connectivity index (χ4v) is 2.44. The molecule has 3 aromatic rings. The molecule has 7 nitrogen and oxygen atoms in total. The molecule has 2 aromatic carbocycles. The Morgan fingerprint density at radius 3 is 2.44 bits per heavy atom. The molecule has 1 heterocycles. The van der Waals surface area contributed by atoms with Crippen LogP contribution in [0.1, 0.15) is 12.5 Å². The number of anilines is 1. The Morgan fingerprint density at radius 2 is 1.84 bits per heavy atom. The summed E-state index contributed by atoms with van der Waals surface area (Å²) in [5.74, 6) is 1.41. The van der Waals surface area contributed by atoms with Crippen LogP contribution >= 0.6 is 0 Å². The summed E-state index contributed by atoms with van der Waals surface area (Å²) < 4.78 is 6.99. The van der Waals surface area contributed by atoms with Crippen LogP contribution in [0.15, 0.2) is 48.5 Å². The summed E-state index contributed by atoms with van der Waals surface area (Å²) in [5, 5.41) is 14.3. The van der Waals surface area contributed by atoms with Gasteiger partial charge in [0.25, 0.3) is 0 Å². The van der Waals surface area contributed by atoms with Crippen LogP contribution < -0.4 is 10.1 Å². The first-order chi connectivity index (χ1) is 12.2. The van der Waals surface area contributed by atoms with Crippen LogP contribution in [0, 0.1) is 0 Å². The molecule has 0 unspecified atom stereocenters. The second kappa shape index (κ2) is 7.57. The maximum absolute atomic E-state index is 12.2. The van der Waals surface area contributed by atoms with Crippen LogP contribution in [0.5, 0.6) is 5.75 Å². The van der Waals surface area contributed by atoms with E-state index in [0.717, 1.165) is 22.6 Å². The third kappa shape index (κ3) is 4.20. The number of ether oxygens (including phenoxy) is 1. The van der Waals surface area contributed by atoms with E-state index in [1.54, 1.807) is 11.7 Å². The minimum Gasteiger partial charge on any atom is -0.494 e. The highest BCUT2D eigenvalue weighted by atomic mass is 16.5. The molecule has 7 heteroatoms. The number of hydrogen-bond acceptors (Lipinski definition) is 5. The number of amides is 1. The van der Waals surface area contributed by atoms with E-state index in [9.17, 15) is 4.79 Å². The lowest BCUT2D eigenvalue weighted by Gasteiger charge is -2.07. The molecule has 0 atom stereocenters. The number of aromatic nitrogens is 4. The maximum Gasteiger partial charge on any atom is 0.228 e. The summed E-state index contributed by atoms with van der Waals surface area (Å²) >= 11 is 0. The molecule has 0 aliphatic carbocycles. The summed E-state index contributed by atoms with van der Waals surface area (Å²) in [5.41, 5.74) is 2.55. The third-order valence-electron chi connectivity index (χ3n) is 3.65. The zero-order valence-electron chi connectivity index (χ0n) is 14.1. The van der Waals surface area contributed by atoms with Gasteiger partial charge in [-0.05, 0) is 59.3 Å². The largest absolute Gasteiger partial charge is 0.494 e. The van der Waals surface area contributed by atoms with Crippen LogP contribution in [0.25, 0.3) is 11.4 Å². The molecular formula is C18H19N5O2. The number of hydrogen-bond donors (Lipinski definition) is 1. The minimum absolute atomic E-state index is 0.0720. The van der Waals surface area contributed by atoms with E-state index < -0.39 is 0 Å². The second-order valence-electron chi connectivity index (χ2n) is 5.51. The van der Waals surface area contributed by atoms with Gasteiger partial charge in [0, 0.05) is 18.3 Å². The van der Waals surface area contributed by atoms with Crippen LogP contribution in [0.2, 0.25) is 0 Å². The molecule has 0 fully saturated rings. The van der Waals surface area contributed by atoms with Gasteiger partial charge >= 0.3 is 0 Å². The van der Waals surface area contributed by atoms with Crippen molar-refractivity contribution in [2.24, 2.45) is 7.05 Å². The van der Waals surface area contributed by atoms with Crippen molar-refractivity contribution in [1.82, 2.24) is 20.2 Å². The Balaban J connectivity index is 1.60. The molecule has 0 saturated carbocycles. The highest BCUT2D eigenvalue weighted by Gasteiger charge is 2.07. The summed E-state index contributed by atoms with van der Waals surface area (Å²) in [6, 6.07) is 15.0. The average molecular weight is 337 g/mol. The Hall–Kier alpha value is -3.22. The molecule has 128 valence electrons. The van der Waals surface area contributed by atoms with Crippen molar-refractivity contribution in [2.75, 3.05) is 11.9 Å². The van der Waals surface area contributed by atoms with Crippen LogP contribution in [0.3, 0.4) is 0 Å². The van der Waals surface area contributed by atoms with Gasteiger partial charge in [-0.25, -0.2) is 4.68 Å². The molecule has 0 saturated heterocycles. The van der Waals surface area contributed by atoms with E-state index in [2.05, 4.69) is 20.8 Å². The molecule has 0 bridgehead atoms. The smallest absolute Gasteiger partial charge is 0.228 e. The number of nitrogens with one attached hydrogen (secondary N) is 1. The molecule has 1 amide bonds. The number of nitrogens with zero attached hydrogens (tertiary/aromatic N) is 4. The molecular weight excluding hydrogens is 318 g/mol.